The van der Waals surface area contributed by atoms with Crippen molar-refractivity contribution in [1.82, 2.24) is 9.47 Å². The number of pyridine rings is 1. The van der Waals surface area contributed by atoms with Gasteiger partial charge in [0.1, 0.15) is 11.5 Å². The van der Waals surface area contributed by atoms with Gasteiger partial charge in [-0.05, 0) is 72.3 Å². The van der Waals surface area contributed by atoms with Crippen LogP contribution < -0.4 is 20.2 Å². The number of anilines is 1. The maximum atomic E-state index is 14.3. The van der Waals surface area contributed by atoms with Gasteiger partial charge in [-0.25, -0.2) is 4.79 Å². The highest BCUT2D eigenvalue weighted by molar-refractivity contribution is 5.89. The van der Waals surface area contributed by atoms with Gasteiger partial charge in [-0.1, -0.05) is 72.8 Å². The van der Waals surface area contributed by atoms with Gasteiger partial charge >= 0.3 is 6.16 Å². The minimum atomic E-state index is -0.954. The van der Waals surface area contributed by atoms with Crippen LogP contribution in [0.15, 0.2) is 120 Å². The predicted octanol–water partition coefficient (Wildman–Crippen LogP) is 8.12. The second-order valence-electron chi connectivity index (χ2n) is 11.8. The molecular weight excluding hydrogens is 618 g/mol. The number of benzene rings is 5. The minimum absolute atomic E-state index is 0.102. The lowest BCUT2D eigenvalue weighted by atomic mass is 10.0. The number of carbonyl (C=O) groups is 2. The van der Waals surface area contributed by atoms with Gasteiger partial charge in [0.25, 0.3) is 0 Å². The fraction of sp³-hybridized carbons (Fsp3) is 0.175. The molecule has 1 amide bonds. The van der Waals surface area contributed by atoms with Crippen LogP contribution in [0.1, 0.15) is 30.5 Å². The van der Waals surface area contributed by atoms with E-state index in [1.807, 2.05) is 60.1 Å². The zero-order chi connectivity index (χ0) is 34.3. The molecule has 248 valence electrons. The Hall–Kier alpha value is -5.93. The second kappa shape index (κ2) is 14.9. The molecule has 9 heteroatoms. The Morgan fingerprint density at radius 1 is 0.816 bits per heavy atom. The SMILES string of the molecule is CCOC(=O)Oc1cn(Cc2cccc3ccccc23)c2ccc(Oc3ccc(NC(C)=O)cc3)c(CN(C)Cc3ccccc3)c2c1=O. The molecule has 0 atom stereocenters. The van der Waals surface area contributed by atoms with Crippen molar-refractivity contribution in [2.24, 2.45) is 0 Å². The summed E-state index contributed by atoms with van der Waals surface area (Å²) in [5.74, 6) is 0.680. The molecule has 1 aromatic heterocycles. The van der Waals surface area contributed by atoms with Crippen LogP contribution in [0.5, 0.6) is 17.2 Å². The maximum Gasteiger partial charge on any atom is 0.514 e. The number of nitrogens with zero attached hydrogens (tertiary/aromatic N) is 2. The molecule has 0 fully saturated rings. The van der Waals surface area contributed by atoms with Crippen molar-refractivity contribution in [2.45, 2.75) is 33.5 Å². The summed E-state index contributed by atoms with van der Waals surface area (Å²) in [5, 5.41) is 5.30. The van der Waals surface area contributed by atoms with Crippen LogP contribution in [0, 0.1) is 0 Å². The molecule has 0 aliphatic carbocycles. The van der Waals surface area contributed by atoms with E-state index in [0.717, 1.165) is 21.9 Å². The second-order valence-corrected chi connectivity index (χ2v) is 11.8. The standard InChI is InChI=1S/C40H37N3O6/c1-4-47-40(46)49-37-26-43(24-30-15-10-14-29-13-8-9-16-33(29)30)35-21-22-36(48-32-19-17-31(18-20-32)41-27(2)44)34(38(35)39(37)45)25-42(3)23-28-11-6-5-7-12-28/h5-22,26H,4,23-25H2,1-3H3,(H,41,44). The van der Waals surface area contributed by atoms with Crippen LogP contribution in [-0.4, -0.2) is 35.2 Å². The first-order valence-electron chi connectivity index (χ1n) is 16.1. The highest BCUT2D eigenvalue weighted by atomic mass is 16.7. The molecule has 6 aromatic rings. The largest absolute Gasteiger partial charge is 0.514 e. The summed E-state index contributed by atoms with van der Waals surface area (Å²) in [4.78, 5) is 40.5. The molecule has 0 saturated heterocycles. The number of ether oxygens (including phenoxy) is 3. The number of nitrogens with one attached hydrogen (secondary N) is 1. The smallest absolute Gasteiger partial charge is 0.457 e. The molecule has 6 rings (SSSR count). The maximum absolute atomic E-state index is 14.3. The van der Waals surface area contributed by atoms with Crippen molar-refractivity contribution < 1.29 is 23.8 Å². The van der Waals surface area contributed by atoms with Crippen molar-refractivity contribution in [3.05, 3.63) is 142 Å². The average Bonchev–Trinajstić information content (AvgIpc) is 3.09. The van der Waals surface area contributed by atoms with Gasteiger partial charge in [0, 0.05) is 37.8 Å². The summed E-state index contributed by atoms with van der Waals surface area (Å²) >= 11 is 0. The molecule has 0 aliphatic rings. The average molecular weight is 656 g/mol. The first kappa shape index (κ1) is 33.0. The Morgan fingerprint density at radius 2 is 1.55 bits per heavy atom. The van der Waals surface area contributed by atoms with Gasteiger partial charge in [0.15, 0.2) is 5.75 Å². The van der Waals surface area contributed by atoms with E-state index in [1.165, 1.54) is 6.92 Å². The highest BCUT2D eigenvalue weighted by Crippen LogP contribution is 2.34. The van der Waals surface area contributed by atoms with Gasteiger partial charge in [-0.2, -0.15) is 0 Å². The number of aromatic nitrogens is 1. The normalized spacial score (nSPS) is 11.1. The first-order chi connectivity index (χ1) is 23.8. The van der Waals surface area contributed by atoms with Crippen molar-refractivity contribution in [3.63, 3.8) is 0 Å². The van der Waals surface area contributed by atoms with E-state index >= 15 is 0 Å². The van der Waals surface area contributed by atoms with E-state index in [9.17, 15) is 14.4 Å². The van der Waals surface area contributed by atoms with Crippen LogP contribution in [0.2, 0.25) is 0 Å². The number of fused-ring (bicyclic) bond motifs is 2. The quantitative estimate of drug-likeness (QED) is 0.141. The number of amides is 1. The third-order valence-corrected chi connectivity index (χ3v) is 8.08. The molecule has 9 nitrogen and oxygen atoms in total. The van der Waals surface area contributed by atoms with E-state index in [2.05, 4.69) is 46.6 Å². The Bertz CT molecular complexity index is 2170. The van der Waals surface area contributed by atoms with Crippen LogP contribution in [0.4, 0.5) is 10.5 Å². The van der Waals surface area contributed by atoms with E-state index in [-0.39, 0.29) is 18.3 Å². The summed E-state index contributed by atoms with van der Waals surface area (Å²) in [5.41, 5.74) is 3.62. The van der Waals surface area contributed by atoms with Gasteiger partial charge in [0.2, 0.25) is 11.3 Å². The third kappa shape index (κ3) is 7.80. The number of rotatable bonds is 11. The minimum Gasteiger partial charge on any atom is -0.457 e. The molecule has 1 heterocycles. The van der Waals surface area contributed by atoms with Crippen LogP contribution in [-0.2, 0) is 29.2 Å². The zero-order valence-corrected chi connectivity index (χ0v) is 27.6. The van der Waals surface area contributed by atoms with Crippen LogP contribution >= 0.6 is 0 Å². The topological polar surface area (TPSA) is 99.1 Å². The van der Waals surface area contributed by atoms with E-state index in [1.54, 1.807) is 37.4 Å². The summed E-state index contributed by atoms with van der Waals surface area (Å²) in [6.07, 6.45) is 0.618. The Labute approximate surface area is 284 Å². The molecule has 0 aliphatic heterocycles. The van der Waals surface area contributed by atoms with Crippen molar-refractivity contribution >= 4 is 39.4 Å². The molecule has 49 heavy (non-hydrogen) atoms. The van der Waals surface area contributed by atoms with Gasteiger partial charge in [0.05, 0.1) is 23.7 Å². The zero-order valence-electron chi connectivity index (χ0n) is 27.6. The Morgan fingerprint density at radius 3 is 2.31 bits per heavy atom. The molecule has 5 aromatic carbocycles. The molecular formula is C40H37N3O6. The first-order valence-corrected chi connectivity index (χ1v) is 16.1. The number of carbonyl (C=O) groups excluding carboxylic acids is 2. The fourth-order valence-electron chi connectivity index (χ4n) is 5.97. The molecule has 0 saturated carbocycles. The molecule has 1 N–H and O–H groups in total. The lowest BCUT2D eigenvalue weighted by Crippen LogP contribution is -2.22. The van der Waals surface area contributed by atoms with Crippen molar-refractivity contribution in [2.75, 3.05) is 19.0 Å². The number of hydrogen-bond donors (Lipinski definition) is 1. The van der Waals surface area contributed by atoms with Crippen molar-refractivity contribution in [1.29, 1.82) is 0 Å². The highest BCUT2D eigenvalue weighted by Gasteiger charge is 2.22. The predicted molar refractivity (Wildman–Crippen MR) is 191 cm³/mol. The van der Waals surface area contributed by atoms with E-state index in [4.69, 9.17) is 14.2 Å². The lowest BCUT2D eigenvalue weighted by molar-refractivity contribution is -0.114. The number of hydrogen-bond acceptors (Lipinski definition) is 7. The summed E-state index contributed by atoms with van der Waals surface area (Å²) in [6, 6.07) is 35.0. The summed E-state index contributed by atoms with van der Waals surface area (Å²) < 4.78 is 19.0. The van der Waals surface area contributed by atoms with Crippen LogP contribution in [0.25, 0.3) is 21.7 Å². The Kier molecular flexibility index (Phi) is 10.0. The van der Waals surface area contributed by atoms with Crippen LogP contribution in [0.3, 0.4) is 0 Å². The fourth-order valence-corrected chi connectivity index (χ4v) is 5.97. The summed E-state index contributed by atoms with van der Waals surface area (Å²) in [7, 11) is 1.98. The van der Waals surface area contributed by atoms with Gasteiger partial charge in [-0.15, -0.1) is 0 Å². The van der Waals surface area contributed by atoms with Gasteiger partial charge < -0.3 is 24.1 Å². The molecule has 0 unspecified atom stereocenters. The lowest BCUT2D eigenvalue weighted by Gasteiger charge is -2.22. The van der Waals surface area contributed by atoms with E-state index in [0.29, 0.717) is 53.3 Å². The molecule has 0 spiro atoms. The van der Waals surface area contributed by atoms with Gasteiger partial charge in [-0.3, -0.25) is 14.5 Å². The molecule has 0 bridgehead atoms. The monoisotopic (exact) mass is 655 g/mol. The summed E-state index contributed by atoms with van der Waals surface area (Å²) in [6.45, 7) is 4.59. The third-order valence-electron chi connectivity index (χ3n) is 8.08. The van der Waals surface area contributed by atoms with E-state index < -0.39 is 11.6 Å². The molecule has 0 radical (unpaired) electrons. The Balaban J connectivity index is 1.51. The van der Waals surface area contributed by atoms with Crippen molar-refractivity contribution in [3.8, 4) is 17.2 Å².